The lowest BCUT2D eigenvalue weighted by Gasteiger charge is -2.13. The molecule has 0 heterocycles. The van der Waals surface area contributed by atoms with Gasteiger partial charge in [0, 0.05) is 22.7 Å². The Bertz CT molecular complexity index is 977. The van der Waals surface area contributed by atoms with Crippen molar-refractivity contribution in [2.45, 2.75) is 29.9 Å². The van der Waals surface area contributed by atoms with Crippen LogP contribution in [0.5, 0.6) is 5.75 Å². The van der Waals surface area contributed by atoms with Crippen molar-refractivity contribution in [1.29, 1.82) is 0 Å². The Morgan fingerprint density at radius 3 is 2.33 bits per heavy atom. The van der Waals surface area contributed by atoms with E-state index in [0.717, 1.165) is 0 Å². The number of aromatic carboxylic acids is 1. The summed E-state index contributed by atoms with van der Waals surface area (Å²) in [5.74, 6) is -3.57. The van der Waals surface area contributed by atoms with Crippen molar-refractivity contribution >= 4 is 46.9 Å². The first-order valence-electron chi connectivity index (χ1n) is 8.81. The number of thioether (sulfide) groups is 1. The zero-order valence-corrected chi connectivity index (χ0v) is 16.7. The van der Waals surface area contributed by atoms with E-state index in [1.54, 1.807) is 31.2 Å². The Balaban J connectivity index is 1.98. The molecule has 1 atom stereocenters. The fourth-order valence-corrected chi connectivity index (χ4v) is 3.30. The number of carboxylic acid groups (broad SMARTS) is 2. The predicted octanol–water partition coefficient (Wildman–Crippen LogP) is 3.01. The van der Waals surface area contributed by atoms with E-state index < -0.39 is 28.8 Å². The summed E-state index contributed by atoms with van der Waals surface area (Å²) in [4.78, 5) is 46.5. The molecule has 158 valence electrons. The van der Waals surface area contributed by atoms with Gasteiger partial charge in [-0.25, -0.2) is 4.79 Å². The summed E-state index contributed by atoms with van der Waals surface area (Å²) in [7, 11) is 0. The predicted molar refractivity (Wildman–Crippen MR) is 111 cm³/mol. The quantitative estimate of drug-likeness (QED) is 0.299. The van der Waals surface area contributed by atoms with Gasteiger partial charge in [0.25, 0.3) is 0 Å². The standard InChI is InChI=1S/C20H20N2O7S/c1-11(19(27)22-13-5-6-16(23)15(10-13)20(28)29)30-14-4-2-3-12(9-14)21-17(24)7-8-18(25)26/h2-6,9-11,23H,7-8H2,1H3,(H,21,24)(H,22,27)(H,25,26)(H,28,29). The third-order valence-corrected chi connectivity index (χ3v) is 4.95. The highest BCUT2D eigenvalue weighted by atomic mass is 32.2. The number of carbonyl (C=O) groups excluding carboxylic acids is 2. The number of benzene rings is 2. The minimum Gasteiger partial charge on any atom is -0.507 e. The highest BCUT2D eigenvalue weighted by Crippen LogP contribution is 2.27. The van der Waals surface area contributed by atoms with E-state index in [1.807, 2.05) is 0 Å². The van der Waals surface area contributed by atoms with E-state index in [1.165, 1.54) is 30.0 Å². The molecule has 0 aliphatic carbocycles. The normalized spacial score (nSPS) is 11.4. The summed E-state index contributed by atoms with van der Waals surface area (Å²) in [6.07, 6.45) is -0.408. The lowest BCUT2D eigenvalue weighted by atomic mass is 10.2. The van der Waals surface area contributed by atoms with Crippen molar-refractivity contribution in [3.05, 3.63) is 48.0 Å². The number of nitrogens with one attached hydrogen (secondary N) is 2. The van der Waals surface area contributed by atoms with Gasteiger partial charge >= 0.3 is 11.9 Å². The molecule has 0 bridgehead atoms. The summed E-state index contributed by atoms with van der Waals surface area (Å²) in [6, 6.07) is 10.5. The van der Waals surface area contributed by atoms with Crippen molar-refractivity contribution in [3.8, 4) is 5.75 Å². The molecular formula is C20H20N2O7S. The summed E-state index contributed by atoms with van der Waals surface area (Å²) in [6.45, 7) is 1.66. The van der Waals surface area contributed by atoms with Crippen molar-refractivity contribution in [3.63, 3.8) is 0 Å². The Hall–Kier alpha value is -3.53. The molecule has 1 unspecified atom stereocenters. The first kappa shape index (κ1) is 22.8. The maximum atomic E-state index is 12.4. The van der Waals surface area contributed by atoms with Crippen LogP contribution in [0.2, 0.25) is 0 Å². The third kappa shape index (κ3) is 6.82. The average Bonchev–Trinajstić information content (AvgIpc) is 2.67. The van der Waals surface area contributed by atoms with E-state index >= 15 is 0 Å². The number of hydrogen-bond donors (Lipinski definition) is 5. The van der Waals surface area contributed by atoms with Gasteiger partial charge in [-0.3, -0.25) is 14.4 Å². The lowest BCUT2D eigenvalue weighted by molar-refractivity contribution is -0.138. The molecule has 9 nitrogen and oxygen atoms in total. The number of amides is 2. The van der Waals surface area contributed by atoms with E-state index in [-0.39, 0.29) is 30.0 Å². The van der Waals surface area contributed by atoms with Gasteiger partial charge in [0.05, 0.1) is 11.7 Å². The molecule has 2 amide bonds. The van der Waals surface area contributed by atoms with Crippen LogP contribution in [0.15, 0.2) is 47.4 Å². The zero-order chi connectivity index (χ0) is 22.3. The van der Waals surface area contributed by atoms with Crippen LogP contribution in [0, 0.1) is 0 Å². The van der Waals surface area contributed by atoms with E-state index in [4.69, 9.17) is 10.2 Å². The summed E-state index contributed by atoms with van der Waals surface area (Å²) in [5, 5.41) is 31.9. The van der Waals surface area contributed by atoms with Crippen molar-refractivity contribution in [1.82, 2.24) is 0 Å². The highest BCUT2D eigenvalue weighted by molar-refractivity contribution is 8.00. The Kier molecular flexibility index (Phi) is 7.82. The number of carbonyl (C=O) groups is 4. The molecular weight excluding hydrogens is 412 g/mol. The lowest BCUT2D eigenvalue weighted by Crippen LogP contribution is -2.22. The molecule has 0 radical (unpaired) electrons. The number of aromatic hydroxyl groups is 1. The van der Waals surface area contributed by atoms with Crippen LogP contribution in [0.4, 0.5) is 11.4 Å². The minimum absolute atomic E-state index is 0.142. The van der Waals surface area contributed by atoms with Gasteiger partial charge in [-0.15, -0.1) is 11.8 Å². The van der Waals surface area contributed by atoms with Crippen LogP contribution in [0.1, 0.15) is 30.1 Å². The van der Waals surface area contributed by atoms with Crippen LogP contribution in [-0.4, -0.2) is 44.3 Å². The van der Waals surface area contributed by atoms with Gasteiger partial charge in [-0.2, -0.15) is 0 Å². The zero-order valence-electron chi connectivity index (χ0n) is 15.9. The van der Waals surface area contributed by atoms with Crippen LogP contribution >= 0.6 is 11.8 Å². The van der Waals surface area contributed by atoms with Gasteiger partial charge < -0.3 is 26.0 Å². The fraction of sp³-hybridized carbons (Fsp3) is 0.200. The molecule has 0 aliphatic heterocycles. The molecule has 30 heavy (non-hydrogen) atoms. The van der Waals surface area contributed by atoms with Crippen LogP contribution < -0.4 is 10.6 Å². The second-order valence-electron chi connectivity index (χ2n) is 6.26. The molecule has 2 aromatic carbocycles. The first-order chi connectivity index (χ1) is 14.2. The molecule has 0 aromatic heterocycles. The van der Waals surface area contributed by atoms with Gasteiger partial charge in [0.15, 0.2) is 0 Å². The Morgan fingerprint density at radius 1 is 0.967 bits per heavy atom. The smallest absolute Gasteiger partial charge is 0.339 e. The third-order valence-electron chi connectivity index (χ3n) is 3.86. The molecule has 0 fully saturated rings. The molecule has 2 rings (SSSR count). The van der Waals surface area contributed by atoms with Gasteiger partial charge in [-0.05, 0) is 43.3 Å². The second-order valence-corrected chi connectivity index (χ2v) is 7.67. The number of anilines is 2. The highest BCUT2D eigenvalue weighted by Gasteiger charge is 2.17. The minimum atomic E-state index is -1.31. The van der Waals surface area contributed by atoms with Crippen molar-refractivity contribution in [2.75, 3.05) is 10.6 Å². The molecule has 0 spiro atoms. The monoisotopic (exact) mass is 432 g/mol. The number of hydrogen-bond acceptors (Lipinski definition) is 6. The van der Waals surface area contributed by atoms with E-state index in [2.05, 4.69) is 10.6 Å². The number of phenols is 1. The molecule has 0 aliphatic rings. The van der Waals surface area contributed by atoms with Crippen LogP contribution in [-0.2, 0) is 14.4 Å². The number of carboxylic acids is 2. The number of aliphatic carboxylic acids is 1. The molecule has 10 heteroatoms. The van der Waals surface area contributed by atoms with Crippen molar-refractivity contribution in [2.24, 2.45) is 0 Å². The topological polar surface area (TPSA) is 153 Å². The van der Waals surface area contributed by atoms with Gasteiger partial charge in [-0.1, -0.05) is 6.07 Å². The Labute approximate surface area is 176 Å². The van der Waals surface area contributed by atoms with Crippen LogP contribution in [0.3, 0.4) is 0 Å². The molecule has 2 aromatic rings. The summed E-state index contributed by atoms with van der Waals surface area (Å²) >= 11 is 1.22. The molecule has 0 saturated carbocycles. The second kappa shape index (κ2) is 10.3. The molecule has 0 saturated heterocycles. The Morgan fingerprint density at radius 2 is 1.67 bits per heavy atom. The first-order valence-corrected chi connectivity index (χ1v) is 9.69. The van der Waals surface area contributed by atoms with Gasteiger partial charge in [0.1, 0.15) is 11.3 Å². The number of rotatable bonds is 9. The maximum absolute atomic E-state index is 12.4. The van der Waals surface area contributed by atoms with Crippen LogP contribution in [0.25, 0.3) is 0 Å². The summed E-state index contributed by atoms with van der Waals surface area (Å²) in [5.41, 5.74) is 0.397. The summed E-state index contributed by atoms with van der Waals surface area (Å²) < 4.78 is 0. The van der Waals surface area contributed by atoms with Crippen molar-refractivity contribution < 1.29 is 34.5 Å². The maximum Gasteiger partial charge on any atom is 0.339 e. The van der Waals surface area contributed by atoms with Gasteiger partial charge in [0.2, 0.25) is 11.8 Å². The molecule has 5 N–H and O–H groups in total. The largest absolute Gasteiger partial charge is 0.507 e. The average molecular weight is 432 g/mol. The SMILES string of the molecule is CC(Sc1cccc(NC(=O)CCC(=O)O)c1)C(=O)Nc1ccc(O)c(C(=O)O)c1. The van der Waals surface area contributed by atoms with E-state index in [9.17, 15) is 24.3 Å². The fourth-order valence-electron chi connectivity index (χ4n) is 2.38. The van der Waals surface area contributed by atoms with E-state index in [0.29, 0.717) is 10.6 Å².